The average molecular weight is 512 g/mol. The Morgan fingerprint density at radius 1 is 1.20 bits per heavy atom. The number of furan rings is 1. The van der Waals surface area contributed by atoms with Crippen LogP contribution in [0.1, 0.15) is 30.1 Å². The van der Waals surface area contributed by atoms with Crippen LogP contribution >= 0.6 is 11.3 Å². The molecule has 1 saturated heterocycles. The van der Waals surface area contributed by atoms with Crippen LogP contribution in [0.2, 0.25) is 0 Å². The molecule has 4 aromatic rings. The molecule has 1 aliphatic rings. The molecular weight excluding hydrogens is 486 g/mol. The number of anilines is 1. The van der Waals surface area contributed by atoms with Gasteiger partial charge in [-0.1, -0.05) is 6.92 Å². The van der Waals surface area contributed by atoms with Gasteiger partial charge in [-0.3, -0.25) is 10.1 Å². The number of piperidine rings is 1. The molecule has 0 bridgehead atoms. The van der Waals surface area contributed by atoms with E-state index in [4.69, 9.17) is 9.15 Å². The number of nitrogens with zero attached hydrogens (tertiary/aromatic N) is 2. The highest BCUT2D eigenvalue weighted by atomic mass is 32.2. The molecule has 5 rings (SSSR count). The summed E-state index contributed by atoms with van der Waals surface area (Å²) >= 11 is 1.28. The van der Waals surface area contributed by atoms with E-state index < -0.39 is 10.0 Å². The van der Waals surface area contributed by atoms with Gasteiger partial charge in [0.05, 0.1) is 12.0 Å². The lowest BCUT2D eigenvalue weighted by atomic mass is 10.0. The maximum Gasteiger partial charge on any atom is 0.257 e. The van der Waals surface area contributed by atoms with E-state index in [-0.39, 0.29) is 10.8 Å². The van der Waals surface area contributed by atoms with Gasteiger partial charge >= 0.3 is 0 Å². The molecule has 0 spiro atoms. The van der Waals surface area contributed by atoms with E-state index in [1.54, 1.807) is 12.5 Å². The van der Waals surface area contributed by atoms with Crippen LogP contribution in [-0.2, 0) is 10.0 Å². The van der Waals surface area contributed by atoms with Crippen molar-refractivity contribution in [3.05, 3.63) is 59.5 Å². The van der Waals surface area contributed by atoms with Crippen LogP contribution in [0.5, 0.6) is 5.75 Å². The number of fused-ring (bicyclic) bond motifs is 1. The van der Waals surface area contributed by atoms with Crippen LogP contribution in [0, 0.1) is 5.92 Å². The molecular formula is C25H25N3O5S2. The lowest BCUT2D eigenvalue weighted by molar-refractivity contribution is 0.102. The first-order chi connectivity index (χ1) is 16.8. The SMILES string of the molecule is COc1ccc2cc(-c3csc(NC(=O)c4ccc(S(=O)(=O)N5CCCC(C)C5)cc4)n3)oc2c1. The summed E-state index contributed by atoms with van der Waals surface area (Å²) in [7, 11) is -1.97. The van der Waals surface area contributed by atoms with Crippen molar-refractivity contribution in [2.45, 2.75) is 24.7 Å². The summed E-state index contributed by atoms with van der Waals surface area (Å²) in [5.74, 6) is 1.27. The second-order valence-corrected chi connectivity index (χ2v) is 11.4. The Hall–Kier alpha value is -3.21. The van der Waals surface area contributed by atoms with E-state index in [2.05, 4.69) is 17.2 Å². The number of amides is 1. The summed E-state index contributed by atoms with van der Waals surface area (Å²) in [5, 5.41) is 5.92. The van der Waals surface area contributed by atoms with E-state index in [0.29, 0.717) is 52.5 Å². The molecule has 3 heterocycles. The Bertz CT molecular complexity index is 1470. The summed E-state index contributed by atoms with van der Waals surface area (Å²) in [6.07, 6.45) is 1.90. The predicted molar refractivity (Wildman–Crippen MR) is 135 cm³/mol. The van der Waals surface area contributed by atoms with Crippen LogP contribution in [0.25, 0.3) is 22.4 Å². The van der Waals surface area contributed by atoms with Gasteiger partial charge in [-0.2, -0.15) is 4.31 Å². The summed E-state index contributed by atoms with van der Waals surface area (Å²) < 4.78 is 38.5. The minimum absolute atomic E-state index is 0.196. The van der Waals surface area contributed by atoms with Gasteiger partial charge in [0.25, 0.3) is 5.91 Å². The van der Waals surface area contributed by atoms with E-state index in [0.717, 1.165) is 18.2 Å². The lowest BCUT2D eigenvalue weighted by Gasteiger charge is -2.30. The summed E-state index contributed by atoms with van der Waals surface area (Å²) in [6, 6.07) is 13.5. The quantitative estimate of drug-likeness (QED) is 0.380. The molecule has 1 amide bonds. The first kappa shape index (κ1) is 23.5. The van der Waals surface area contributed by atoms with Crippen molar-refractivity contribution in [3.63, 3.8) is 0 Å². The van der Waals surface area contributed by atoms with Gasteiger partial charge in [0.15, 0.2) is 10.9 Å². The number of sulfonamides is 1. The first-order valence-electron chi connectivity index (χ1n) is 11.3. The van der Waals surface area contributed by atoms with E-state index in [9.17, 15) is 13.2 Å². The molecule has 10 heteroatoms. The van der Waals surface area contributed by atoms with Gasteiger partial charge in [-0.05, 0) is 61.2 Å². The standard InChI is InChI=1S/C25H25N3O5S2/c1-16-4-3-11-28(14-16)35(30,31)20-9-6-17(7-10-20)24(29)27-25-26-21(15-34-25)23-12-18-5-8-19(32-2)13-22(18)33-23/h5-10,12-13,15-16H,3-4,11,14H2,1-2H3,(H,26,27,29). The first-order valence-corrected chi connectivity index (χ1v) is 13.6. The van der Waals surface area contributed by atoms with Crippen LogP contribution in [0.4, 0.5) is 5.13 Å². The lowest BCUT2D eigenvalue weighted by Crippen LogP contribution is -2.39. The number of aromatic nitrogens is 1. The van der Waals surface area contributed by atoms with Crippen molar-refractivity contribution in [1.82, 2.24) is 9.29 Å². The second-order valence-electron chi connectivity index (χ2n) is 8.64. The summed E-state index contributed by atoms with van der Waals surface area (Å²) in [4.78, 5) is 17.4. The van der Waals surface area contributed by atoms with Crippen LogP contribution in [0.3, 0.4) is 0 Å². The van der Waals surface area contributed by atoms with Crippen molar-refractivity contribution >= 4 is 43.4 Å². The Kier molecular flexibility index (Phi) is 6.35. The van der Waals surface area contributed by atoms with Gasteiger partial charge in [0, 0.05) is 35.5 Å². The zero-order valence-electron chi connectivity index (χ0n) is 19.4. The number of methoxy groups -OCH3 is 1. The molecule has 2 aromatic heterocycles. The van der Waals surface area contributed by atoms with Gasteiger partial charge in [0.1, 0.15) is 17.0 Å². The third kappa shape index (κ3) is 4.82. The molecule has 8 nitrogen and oxygen atoms in total. The Labute approximate surface area is 207 Å². The van der Waals surface area contributed by atoms with Crippen molar-refractivity contribution in [1.29, 1.82) is 0 Å². The largest absolute Gasteiger partial charge is 0.497 e. The minimum Gasteiger partial charge on any atom is -0.497 e. The number of ether oxygens (including phenoxy) is 1. The zero-order chi connectivity index (χ0) is 24.6. The number of hydrogen-bond donors (Lipinski definition) is 1. The number of carbonyl (C=O) groups is 1. The third-order valence-electron chi connectivity index (χ3n) is 6.08. The van der Waals surface area contributed by atoms with Crippen molar-refractivity contribution in [2.75, 3.05) is 25.5 Å². The molecule has 2 aromatic carbocycles. The fraction of sp³-hybridized carbons (Fsp3) is 0.280. The van der Waals surface area contributed by atoms with E-state index >= 15 is 0 Å². The second kappa shape index (κ2) is 9.44. The molecule has 0 saturated carbocycles. The molecule has 1 atom stereocenters. The molecule has 0 radical (unpaired) electrons. The Morgan fingerprint density at radius 3 is 2.74 bits per heavy atom. The zero-order valence-corrected chi connectivity index (χ0v) is 21.0. The van der Waals surface area contributed by atoms with Crippen LogP contribution in [0.15, 0.2) is 63.2 Å². The fourth-order valence-electron chi connectivity index (χ4n) is 4.17. The number of nitrogens with one attached hydrogen (secondary N) is 1. The Morgan fingerprint density at radius 2 is 2.00 bits per heavy atom. The molecule has 1 unspecified atom stereocenters. The highest BCUT2D eigenvalue weighted by molar-refractivity contribution is 7.89. The maximum atomic E-state index is 12.9. The van der Waals surface area contributed by atoms with Gasteiger partial charge < -0.3 is 9.15 Å². The molecule has 1 aliphatic heterocycles. The molecule has 0 aliphatic carbocycles. The monoisotopic (exact) mass is 511 g/mol. The van der Waals surface area contributed by atoms with Gasteiger partial charge in [-0.15, -0.1) is 11.3 Å². The number of benzene rings is 2. The molecule has 1 N–H and O–H groups in total. The predicted octanol–water partition coefficient (Wildman–Crippen LogP) is 5.24. The number of hydrogen-bond acceptors (Lipinski definition) is 7. The van der Waals surface area contributed by atoms with Crippen molar-refractivity contribution < 1.29 is 22.4 Å². The van der Waals surface area contributed by atoms with Gasteiger partial charge in [-0.25, -0.2) is 13.4 Å². The summed E-state index contributed by atoms with van der Waals surface area (Å²) in [6.45, 7) is 3.11. The molecule has 182 valence electrons. The van der Waals surface area contributed by atoms with E-state index in [1.807, 2.05) is 24.3 Å². The highest BCUT2D eigenvalue weighted by Gasteiger charge is 2.28. The average Bonchev–Trinajstić information content (AvgIpc) is 3.50. The normalized spacial score (nSPS) is 16.9. The van der Waals surface area contributed by atoms with Crippen molar-refractivity contribution in [3.8, 4) is 17.2 Å². The van der Waals surface area contributed by atoms with E-state index in [1.165, 1.54) is 39.9 Å². The topological polar surface area (TPSA) is 102 Å². The number of rotatable bonds is 6. The highest BCUT2D eigenvalue weighted by Crippen LogP contribution is 2.32. The molecule has 1 fully saturated rings. The van der Waals surface area contributed by atoms with Crippen molar-refractivity contribution in [2.24, 2.45) is 5.92 Å². The Balaban J connectivity index is 1.28. The van der Waals surface area contributed by atoms with Crippen LogP contribution in [-0.4, -0.2) is 43.8 Å². The number of carbonyl (C=O) groups excluding carboxylic acids is 1. The minimum atomic E-state index is -3.57. The van der Waals surface area contributed by atoms with Crippen LogP contribution < -0.4 is 10.1 Å². The van der Waals surface area contributed by atoms with Gasteiger partial charge in [0.2, 0.25) is 10.0 Å². The third-order valence-corrected chi connectivity index (χ3v) is 8.72. The maximum absolute atomic E-state index is 12.9. The fourth-order valence-corrected chi connectivity index (χ4v) is 6.46. The smallest absolute Gasteiger partial charge is 0.257 e. The number of thiazole rings is 1. The summed E-state index contributed by atoms with van der Waals surface area (Å²) in [5.41, 5.74) is 1.65. The molecule has 35 heavy (non-hydrogen) atoms.